The van der Waals surface area contributed by atoms with Crippen molar-refractivity contribution in [3.63, 3.8) is 0 Å². The molecule has 0 radical (unpaired) electrons. The maximum atomic E-state index is 8.94. The average Bonchev–Trinajstić information content (AvgIpc) is 2.86. The Kier molecular flexibility index (Phi) is 6.35. The summed E-state index contributed by atoms with van der Waals surface area (Å²) >= 11 is 0. The van der Waals surface area contributed by atoms with Crippen LogP contribution in [0, 0.1) is 36.5 Å². The molecule has 4 aromatic carbocycles. The number of hydrogen-bond donors (Lipinski definition) is 0. The van der Waals surface area contributed by atoms with Crippen LogP contribution < -0.4 is 4.90 Å². The molecule has 0 aliphatic heterocycles. The van der Waals surface area contributed by atoms with Crippen molar-refractivity contribution in [2.24, 2.45) is 0 Å². The van der Waals surface area contributed by atoms with Crippen LogP contribution in [0.15, 0.2) is 103 Å². The predicted octanol–water partition coefficient (Wildman–Crippen LogP) is 7.87. The zero-order valence-corrected chi connectivity index (χ0v) is 18.7. The van der Waals surface area contributed by atoms with Gasteiger partial charge in [-0.1, -0.05) is 71.8 Å². The molecule has 33 heavy (non-hydrogen) atoms. The highest BCUT2D eigenvalue weighted by atomic mass is 15.1. The lowest BCUT2D eigenvalue weighted by molar-refractivity contribution is 1.27. The Morgan fingerprint density at radius 2 is 0.939 bits per heavy atom. The van der Waals surface area contributed by atoms with Gasteiger partial charge in [0.25, 0.3) is 0 Å². The SMILES string of the molecule is Cc1ccc(N(c2ccc(C)cc2)c2ccc(-c3ccc(C=C(C#N)C#N)cc3)cc2)cc1. The molecule has 3 heteroatoms. The number of nitrogens with zero attached hydrogens (tertiary/aromatic N) is 3. The van der Waals surface area contributed by atoms with Gasteiger partial charge in [0.1, 0.15) is 17.7 Å². The number of allylic oxidation sites excluding steroid dienone is 1. The third-order valence-corrected chi connectivity index (χ3v) is 5.51. The Bertz CT molecular complexity index is 1290. The van der Waals surface area contributed by atoms with Crippen LogP contribution in [0.1, 0.15) is 16.7 Å². The van der Waals surface area contributed by atoms with Gasteiger partial charge in [0, 0.05) is 17.1 Å². The van der Waals surface area contributed by atoms with E-state index in [0.717, 1.165) is 33.8 Å². The maximum Gasteiger partial charge on any atom is 0.130 e. The minimum atomic E-state index is 0.0967. The summed E-state index contributed by atoms with van der Waals surface area (Å²) < 4.78 is 0. The molecule has 0 aromatic heterocycles. The van der Waals surface area contributed by atoms with E-state index in [2.05, 4.69) is 91.5 Å². The van der Waals surface area contributed by atoms with Crippen molar-refractivity contribution in [2.45, 2.75) is 13.8 Å². The van der Waals surface area contributed by atoms with Crippen molar-refractivity contribution in [1.82, 2.24) is 0 Å². The number of hydrogen-bond acceptors (Lipinski definition) is 3. The summed E-state index contributed by atoms with van der Waals surface area (Å²) in [5.41, 5.74) is 8.87. The fraction of sp³-hybridized carbons (Fsp3) is 0.0667. The molecule has 0 saturated carbocycles. The van der Waals surface area contributed by atoms with Gasteiger partial charge in [-0.2, -0.15) is 10.5 Å². The lowest BCUT2D eigenvalue weighted by Crippen LogP contribution is -2.09. The van der Waals surface area contributed by atoms with Gasteiger partial charge in [-0.15, -0.1) is 0 Å². The number of anilines is 3. The fourth-order valence-corrected chi connectivity index (χ4v) is 3.67. The zero-order chi connectivity index (χ0) is 23.2. The van der Waals surface area contributed by atoms with Crippen molar-refractivity contribution in [1.29, 1.82) is 10.5 Å². The van der Waals surface area contributed by atoms with Gasteiger partial charge in [0.2, 0.25) is 0 Å². The second-order valence-electron chi connectivity index (χ2n) is 7.96. The van der Waals surface area contributed by atoms with Crippen molar-refractivity contribution in [3.05, 3.63) is 119 Å². The van der Waals surface area contributed by atoms with Crippen LogP contribution in [-0.2, 0) is 0 Å². The second kappa shape index (κ2) is 9.69. The topological polar surface area (TPSA) is 50.8 Å². The molecule has 0 unspecified atom stereocenters. The molecule has 0 bridgehead atoms. The third kappa shape index (κ3) is 5.01. The highest BCUT2D eigenvalue weighted by molar-refractivity contribution is 5.78. The van der Waals surface area contributed by atoms with E-state index < -0.39 is 0 Å². The van der Waals surface area contributed by atoms with Gasteiger partial charge in [-0.25, -0.2) is 0 Å². The Morgan fingerprint density at radius 3 is 1.33 bits per heavy atom. The monoisotopic (exact) mass is 425 g/mol. The first-order valence-corrected chi connectivity index (χ1v) is 10.7. The molecule has 4 rings (SSSR count). The van der Waals surface area contributed by atoms with Gasteiger partial charge in [-0.3, -0.25) is 0 Å². The van der Waals surface area contributed by atoms with Crippen LogP contribution in [0.3, 0.4) is 0 Å². The minimum absolute atomic E-state index is 0.0967. The quantitative estimate of drug-likeness (QED) is 0.306. The molecule has 0 heterocycles. The number of aryl methyl sites for hydroxylation is 2. The van der Waals surface area contributed by atoms with Crippen LogP contribution >= 0.6 is 0 Å². The summed E-state index contributed by atoms with van der Waals surface area (Å²) in [5.74, 6) is 0. The molecular weight excluding hydrogens is 402 g/mol. The number of nitriles is 2. The van der Waals surface area contributed by atoms with E-state index in [1.165, 1.54) is 11.1 Å². The zero-order valence-electron chi connectivity index (χ0n) is 18.7. The van der Waals surface area contributed by atoms with Gasteiger partial charge < -0.3 is 4.90 Å². The first kappa shape index (κ1) is 21.6. The van der Waals surface area contributed by atoms with Crippen molar-refractivity contribution in [3.8, 4) is 23.3 Å². The van der Waals surface area contributed by atoms with E-state index >= 15 is 0 Å². The lowest BCUT2D eigenvalue weighted by atomic mass is 10.0. The van der Waals surface area contributed by atoms with Crippen LogP contribution in [0.25, 0.3) is 17.2 Å². The highest BCUT2D eigenvalue weighted by Crippen LogP contribution is 2.35. The van der Waals surface area contributed by atoms with Crippen molar-refractivity contribution in [2.75, 3.05) is 4.90 Å². The van der Waals surface area contributed by atoms with E-state index in [1.54, 1.807) is 6.08 Å². The summed E-state index contributed by atoms with van der Waals surface area (Å²) in [5, 5.41) is 17.9. The second-order valence-corrected chi connectivity index (χ2v) is 7.96. The molecule has 0 spiro atoms. The minimum Gasteiger partial charge on any atom is -0.311 e. The third-order valence-electron chi connectivity index (χ3n) is 5.51. The van der Waals surface area contributed by atoms with Crippen molar-refractivity contribution >= 4 is 23.1 Å². The molecule has 0 aliphatic carbocycles. The molecular formula is C30H23N3. The first-order chi connectivity index (χ1) is 16.1. The van der Waals surface area contributed by atoms with Gasteiger partial charge in [0.05, 0.1) is 0 Å². The van der Waals surface area contributed by atoms with Crippen LogP contribution in [0.4, 0.5) is 17.1 Å². The van der Waals surface area contributed by atoms with Crippen LogP contribution in [-0.4, -0.2) is 0 Å². The van der Waals surface area contributed by atoms with Gasteiger partial charge >= 0.3 is 0 Å². The van der Waals surface area contributed by atoms with E-state index in [1.807, 2.05) is 36.4 Å². The summed E-state index contributed by atoms with van der Waals surface area (Å²) in [6, 6.07) is 37.2. The molecule has 0 saturated heterocycles. The van der Waals surface area contributed by atoms with E-state index in [9.17, 15) is 0 Å². The molecule has 3 nitrogen and oxygen atoms in total. The molecule has 0 aliphatic rings. The normalized spacial score (nSPS) is 10.1. The maximum absolute atomic E-state index is 8.94. The van der Waals surface area contributed by atoms with Crippen LogP contribution in [0.5, 0.6) is 0 Å². The van der Waals surface area contributed by atoms with Crippen molar-refractivity contribution < 1.29 is 0 Å². The van der Waals surface area contributed by atoms with Gasteiger partial charge in [0.15, 0.2) is 0 Å². The largest absolute Gasteiger partial charge is 0.311 e. The highest BCUT2D eigenvalue weighted by Gasteiger charge is 2.12. The Balaban J connectivity index is 1.66. The molecule has 158 valence electrons. The molecule has 0 atom stereocenters. The average molecular weight is 426 g/mol. The molecule has 0 amide bonds. The summed E-state index contributed by atoms with van der Waals surface area (Å²) in [4.78, 5) is 2.25. The van der Waals surface area contributed by atoms with E-state index in [0.29, 0.717) is 0 Å². The first-order valence-electron chi connectivity index (χ1n) is 10.7. The number of benzene rings is 4. The summed E-state index contributed by atoms with van der Waals surface area (Å²) in [7, 11) is 0. The Morgan fingerprint density at radius 1 is 0.576 bits per heavy atom. The Labute approximate surface area is 195 Å². The number of rotatable bonds is 5. The van der Waals surface area contributed by atoms with Gasteiger partial charge in [-0.05, 0) is 73.0 Å². The molecule has 0 N–H and O–H groups in total. The summed E-state index contributed by atoms with van der Waals surface area (Å²) in [6.45, 7) is 4.19. The summed E-state index contributed by atoms with van der Waals surface area (Å²) in [6.07, 6.45) is 1.59. The smallest absolute Gasteiger partial charge is 0.130 e. The van der Waals surface area contributed by atoms with E-state index in [-0.39, 0.29) is 5.57 Å². The van der Waals surface area contributed by atoms with E-state index in [4.69, 9.17) is 10.5 Å². The lowest BCUT2D eigenvalue weighted by Gasteiger charge is -2.26. The molecule has 4 aromatic rings. The van der Waals surface area contributed by atoms with Crippen LogP contribution in [0.2, 0.25) is 0 Å². The molecule has 0 fully saturated rings. The standard InChI is InChI=1S/C30H23N3/c1-22-3-13-28(14-4-22)33(29-15-5-23(2)6-16-29)30-17-11-27(12-18-30)26-9-7-24(8-10-26)19-25(20-31)21-32/h3-19H,1-2H3. The Hall–Kier alpha value is -4.60. The fourth-order valence-electron chi connectivity index (χ4n) is 3.67. The predicted molar refractivity (Wildman–Crippen MR) is 135 cm³/mol.